The van der Waals surface area contributed by atoms with Gasteiger partial charge >= 0.3 is 4.70 Å². The molecule has 0 unspecified atom stereocenters. The number of halogens is 2. The van der Waals surface area contributed by atoms with Gasteiger partial charge in [0.2, 0.25) is 0 Å². The third-order valence-electron chi connectivity index (χ3n) is 3.45. The molecule has 0 saturated heterocycles. The Kier molecular flexibility index (Phi) is 4.85. The molecule has 0 bridgehead atoms. The highest BCUT2D eigenvalue weighted by Crippen LogP contribution is 2.47. The highest BCUT2D eigenvalue weighted by Gasteiger charge is 2.38. The van der Waals surface area contributed by atoms with Crippen LogP contribution in [0.15, 0.2) is 24.3 Å². The van der Waals surface area contributed by atoms with Crippen molar-refractivity contribution >= 4 is 27.9 Å². The zero-order valence-electron chi connectivity index (χ0n) is 11.4. The largest absolute Gasteiger partial charge is 0.313 e. The fourth-order valence-electron chi connectivity index (χ4n) is 1.85. The summed E-state index contributed by atoms with van der Waals surface area (Å²) in [5.74, 6) is 0. The van der Waals surface area contributed by atoms with Gasteiger partial charge in [-0.3, -0.25) is 4.79 Å². The molecule has 2 rings (SSSR count). The monoisotopic (exact) mass is 286 g/mol. The molecular weight excluding hydrogens is 267 g/mol. The van der Waals surface area contributed by atoms with E-state index >= 15 is 0 Å². The van der Waals surface area contributed by atoms with Crippen molar-refractivity contribution in [2.75, 3.05) is 0 Å². The van der Waals surface area contributed by atoms with Crippen molar-refractivity contribution in [3.05, 3.63) is 35.4 Å². The molecule has 0 spiro atoms. The summed E-state index contributed by atoms with van der Waals surface area (Å²) >= 11 is 8.80. The Hall–Kier alpha value is -0.530. The topological polar surface area (TPSA) is 17.1 Å². The minimum absolute atomic E-state index is 0.281. The number of hydrogen-bond acceptors (Lipinski definition) is 1. The van der Waals surface area contributed by atoms with Crippen LogP contribution < -0.4 is 0 Å². The third kappa shape index (κ3) is 4.62. The van der Waals surface area contributed by atoms with Gasteiger partial charge in [-0.2, -0.15) is 0 Å². The van der Waals surface area contributed by atoms with Gasteiger partial charge in [0.15, 0.2) is 0 Å². The van der Waals surface area contributed by atoms with Crippen LogP contribution in [0.3, 0.4) is 0 Å². The normalized spacial score (nSPS) is 16.6. The molecule has 1 aliphatic carbocycles. The van der Waals surface area contributed by atoms with Crippen molar-refractivity contribution in [1.82, 2.24) is 0 Å². The van der Waals surface area contributed by atoms with Crippen LogP contribution in [0, 0.1) is 0 Å². The smallest absolute Gasteiger partial charge is 0.262 e. The second kappa shape index (κ2) is 5.63. The Balaban J connectivity index is 0.000000357. The zero-order chi connectivity index (χ0) is 14.0. The lowest BCUT2D eigenvalue weighted by molar-refractivity contribution is 0.275. The van der Waals surface area contributed by atoms with Crippen molar-refractivity contribution < 1.29 is 4.79 Å². The van der Waals surface area contributed by atoms with Crippen LogP contribution in [0.4, 0.5) is 4.79 Å². The van der Waals surface area contributed by atoms with E-state index in [1.54, 1.807) is 0 Å². The van der Waals surface area contributed by atoms with E-state index in [-0.39, 0.29) is 5.41 Å². The van der Waals surface area contributed by atoms with Gasteiger partial charge in [-0.15, -0.1) is 0 Å². The Morgan fingerprint density at radius 1 is 1.11 bits per heavy atom. The van der Waals surface area contributed by atoms with Crippen LogP contribution >= 0.6 is 23.2 Å². The number of carbonyl (C=O) groups is 1. The van der Waals surface area contributed by atoms with Crippen molar-refractivity contribution in [2.24, 2.45) is 0 Å². The molecule has 0 N–H and O–H groups in total. The molecule has 1 fully saturated rings. The number of benzene rings is 1. The zero-order valence-corrected chi connectivity index (χ0v) is 12.9. The first kappa shape index (κ1) is 15.5. The fraction of sp³-hybridized carbons (Fsp3) is 0.533. The quantitative estimate of drug-likeness (QED) is 0.613. The van der Waals surface area contributed by atoms with Gasteiger partial charge in [-0.1, -0.05) is 52.0 Å². The van der Waals surface area contributed by atoms with Crippen LogP contribution in [0.2, 0.25) is 0 Å². The summed E-state index contributed by atoms with van der Waals surface area (Å²) in [6.07, 6.45) is 2.73. The van der Waals surface area contributed by atoms with Crippen LogP contribution in [0.25, 0.3) is 0 Å². The fourth-order valence-corrected chi connectivity index (χ4v) is 1.85. The SMILES string of the molecule is CC(C)(C)c1ccc(C2(C)CC2)cc1.O=C(Cl)Cl. The van der Waals surface area contributed by atoms with Crippen LogP contribution in [0.5, 0.6) is 0 Å². The average molecular weight is 287 g/mol. The summed E-state index contributed by atoms with van der Waals surface area (Å²) in [7, 11) is 0. The van der Waals surface area contributed by atoms with E-state index in [0.29, 0.717) is 5.41 Å². The minimum Gasteiger partial charge on any atom is -0.262 e. The van der Waals surface area contributed by atoms with E-state index in [9.17, 15) is 0 Å². The minimum atomic E-state index is -0.889. The van der Waals surface area contributed by atoms with Crippen LogP contribution in [-0.2, 0) is 10.8 Å². The standard InChI is InChI=1S/C14H20.CCl2O/c1-13(2,3)11-5-7-12(8-6-11)14(4)9-10-14;2-1(3)4/h5-8H,9-10H2,1-4H3;. The Bertz CT molecular complexity index is 383. The molecule has 0 amide bonds. The van der Waals surface area contributed by atoms with E-state index in [4.69, 9.17) is 4.79 Å². The first-order chi connectivity index (χ1) is 8.15. The Labute approximate surface area is 119 Å². The van der Waals surface area contributed by atoms with Gasteiger partial charge in [0.25, 0.3) is 0 Å². The molecule has 0 atom stereocenters. The lowest BCUT2D eigenvalue weighted by Crippen LogP contribution is -2.11. The van der Waals surface area contributed by atoms with E-state index in [0.717, 1.165) is 0 Å². The molecule has 0 radical (unpaired) electrons. The second-order valence-corrected chi connectivity index (χ2v) is 6.99. The predicted octanol–water partition coefficient (Wildman–Crippen LogP) is 5.62. The highest BCUT2D eigenvalue weighted by molar-refractivity contribution is 6.93. The van der Waals surface area contributed by atoms with Gasteiger partial charge in [-0.25, -0.2) is 0 Å². The summed E-state index contributed by atoms with van der Waals surface area (Å²) in [4.78, 5) is 8.98. The van der Waals surface area contributed by atoms with E-state index in [1.807, 2.05) is 0 Å². The molecule has 18 heavy (non-hydrogen) atoms. The van der Waals surface area contributed by atoms with Gasteiger partial charge in [0.05, 0.1) is 0 Å². The molecule has 100 valence electrons. The average Bonchev–Trinajstić information content (AvgIpc) is 2.96. The van der Waals surface area contributed by atoms with E-state index in [1.165, 1.54) is 24.0 Å². The Morgan fingerprint density at radius 2 is 1.50 bits per heavy atom. The van der Waals surface area contributed by atoms with Gasteiger partial charge < -0.3 is 0 Å². The van der Waals surface area contributed by atoms with Crippen LogP contribution in [0.1, 0.15) is 51.7 Å². The first-order valence-electron chi connectivity index (χ1n) is 6.11. The maximum Gasteiger partial charge on any atom is 0.313 e. The van der Waals surface area contributed by atoms with Crippen molar-refractivity contribution in [3.8, 4) is 0 Å². The molecule has 1 aromatic rings. The van der Waals surface area contributed by atoms with Crippen molar-refractivity contribution in [1.29, 1.82) is 0 Å². The summed E-state index contributed by atoms with van der Waals surface area (Å²) in [5.41, 5.74) is 3.75. The molecule has 3 heteroatoms. The summed E-state index contributed by atoms with van der Waals surface area (Å²) in [6, 6.07) is 9.21. The van der Waals surface area contributed by atoms with Crippen LogP contribution in [-0.4, -0.2) is 4.70 Å². The van der Waals surface area contributed by atoms with Crippen molar-refractivity contribution in [3.63, 3.8) is 0 Å². The molecule has 0 aliphatic heterocycles. The lowest BCUT2D eigenvalue weighted by Gasteiger charge is -2.20. The maximum absolute atomic E-state index is 8.98. The van der Waals surface area contributed by atoms with Gasteiger partial charge in [0.1, 0.15) is 0 Å². The molecule has 1 nitrogen and oxygen atoms in total. The second-order valence-electron chi connectivity index (χ2n) is 6.11. The van der Waals surface area contributed by atoms with E-state index in [2.05, 4.69) is 75.2 Å². The van der Waals surface area contributed by atoms with E-state index < -0.39 is 4.70 Å². The molecule has 0 aromatic heterocycles. The van der Waals surface area contributed by atoms with Gasteiger partial charge in [-0.05, 0) is 58.0 Å². The summed E-state index contributed by atoms with van der Waals surface area (Å²) in [5, 5.41) is 0. The molecular formula is C15H20Cl2O. The molecule has 1 saturated carbocycles. The third-order valence-corrected chi connectivity index (χ3v) is 3.45. The molecule has 1 aliphatic rings. The number of carbonyl (C=O) groups excluding carboxylic acids is 1. The Morgan fingerprint density at radius 3 is 1.78 bits per heavy atom. The number of hydrogen-bond donors (Lipinski definition) is 0. The molecule has 0 heterocycles. The predicted molar refractivity (Wildman–Crippen MR) is 78.8 cm³/mol. The summed E-state index contributed by atoms with van der Waals surface area (Å²) in [6.45, 7) is 9.15. The van der Waals surface area contributed by atoms with Crippen molar-refractivity contribution in [2.45, 2.75) is 51.4 Å². The first-order valence-corrected chi connectivity index (χ1v) is 6.87. The summed E-state index contributed by atoms with van der Waals surface area (Å²) < 4.78 is -0.889. The van der Waals surface area contributed by atoms with Gasteiger partial charge in [0, 0.05) is 0 Å². The lowest BCUT2D eigenvalue weighted by atomic mass is 9.85. The number of rotatable bonds is 1. The highest BCUT2D eigenvalue weighted by atomic mass is 35.5. The molecule has 1 aromatic carbocycles. The maximum atomic E-state index is 8.98.